The summed E-state index contributed by atoms with van der Waals surface area (Å²) >= 11 is 1.34. The van der Waals surface area contributed by atoms with Gasteiger partial charge in [-0.1, -0.05) is 30.3 Å². The van der Waals surface area contributed by atoms with Crippen LogP contribution >= 0.6 is 11.3 Å². The fraction of sp³-hybridized carbons (Fsp3) is 0.458. The number of likely N-dealkylation sites (N-methyl/N-ethyl adjacent to an activating group) is 1. The highest BCUT2D eigenvalue weighted by atomic mass is 32.1. The monoisotopic (exact) mass is 451 g/mol. The Balaban J connectivity index is 1.43. The summed E-state index contributed by atoms with van der Waals surface area (Å²) in [7, 11) is 2.14. The summed E-state index contributed by atoms with van der Waals surface area (Å²) in [5, 5.41) is 3.86. The quantitative estimate of drug-likeness (QED) is 0.645. The van der Waals surface area contributed by atoms with Crippen LogP contribution in [0.15, 0.2) is 35.1 Å². The van der Waals surface area contributed by atoms with Crippen LogP contribution in [0, 0.1) is 6.92 Å². The lowest BCUT2D eigenvalue weighted by molar-refractivity contribution is 0.0911. The fourth-order valence-corrected chi connectivity index (χ4v) is 5.82. The third-order valence-electron chi connectivity index (χ3n) is 6.66. The lowest BCUT2D eigenvalue weighted by atomic mass is 10.1. The van der Waals surface area contributed by atoms with Gasteiger partial charge in [-0.15, -0.1) is 11.3 Å². The molecule has 1 atom stereocenters. The van der Waals surface area contributed by atoms with E-state index in [-0.39, 0.29) is 17.5 Å². The molecule has 2 aliphatic rings. The Morgan fingerprint density at radius 1 is 1.16 bits per heavy atom. The number of aromatic nitrogens is 2. The first-order valence-corrected chi connectivity index (χ1v) is 12.1. The zero-order valence-corrected chi connectivity index (χ0v) is 19.5. The molecule has 7 nitrogen and oxygen atoms in total. The van der Waals surface area contributed by atoms with Crippen LogP contribution in [0.2, 0.25) is 0 Å². The Bertz CT molecular complexity index is 1190. The number of benzene rings is 1. The SMILES string of the molecule is Cc1c(C(=O)NC(CN2CCN(C)CC2)c2ccccc2)sc2nc3n(c(=O)c12)CCC3. The molecular weight excluding hydrogens is 422 g/mol. The molecule has 0 spiro atoms. The Morgan fingerprint density at radius 2 is 1.91 bits per heavy atom. The smallest absolute Gasteiger partial charge is 0.262 e. The van der Waals surface area contributed by atoms with Crippen molar-refractivity contribution < 1.29 is 4.79 Å². The summed E-state index contributed by atoms with van der Waals surface area (Å²) in [6.45, 7) is 7.40. The second-order valence-corrected chi connectivity index (χ2v) is 9.86. The van der Waals surface area contributed by atoms with E-state index in [9.17, 15) is 9.59 Å². The summed E-state index contributed by atoms with van der Waals surface area (Å²) in [6, 6.07) is 10.0. The van der Waals surface area contributed by atoms with E-state index in [4.69, 9.17) is 4.98 Å². The van der Waals surface area contributed by atoms with Gasteiger partial charge in [-0.3, -0.25) is 19.1 Å². The van der Waals surface area contributed by atoms with Crippen molar-refractivity contribution in [2.24, 2.45) is 0 Å². The maximum atomic E-state index is 13.4. The summed E-state index contributed by atoms with van der Waals surface area (Å²) in [5.41, 5.74) is 1.83. The number of carbonyl (C=O) groups excluding carboxylic acids is 1. The molecule has 1 amide bonds. The number of fused-ring (bicyclic) bond motifs is 2. The Hall–Kier alpha value is -2.55. The van der Waals surface area contributed by atoms with Crippen LogP contribution in [0.25, 0.3) is 10.2 Å². The van der Waals surface area contributed by atoms with E-state index in [0.717, 1.165) is 69.1 Å². The predicted octanol–water partition coefficient (Wildman–Crippen LogP) is 2.43. The standard InChI is InChI=1S/C24H29N5O2S/c1-16-20-23(26-19-9-6-10-29(19)24(20)31)32-21(16)22(30)25-18(17-7-4-3-5-8-17)15-28-13-11-27(2)12-14-28/h3-5,7-8,18H,6,9-15H2,1-2H3,(H,25,30). The van der Waals surface area contributed by atoms with Crippen LogP contribution < -0.4 is 10.9 Å². The molecule has 1 fully saturated rings. The number of hydrogen-bond acceptors (Lipinski definition) is 6. The highest BCUT2D eigenvalue weighted by Gasteiger charge is 2.26. The van der Waals surface area contributed by atoms with Crippen molar-refractivity contribution in [2.45, 2.75) is 32.4 Å². The Morgan fingerprint density at radius 3 is 2.66 bits per heavy atom. The Labute approximate surface area is 191 Å². The van der Waals surface area contributed by atoms with Crippen molar-refractivity contribution in [1.29, 1.82) is 0 Å². The number of aryl methyl sites for hydroxylation is 2. The van der Waals surface area contributed by atoms with Crippen LogP contribution in [0.3, 0.4) is 0 Å². The molecule has 2 aliphatic heterocycles. The van der Waals surface area contributed by atoms with Crippen LogP contribution in [0.4, 0.5) is 0 Å². The van der Waals surface area contributed by atoms with Crippen LogP contribution in [0.1, 0.15) is 39.1 Å². The third-order valence-corrected chi connectivity index (χ3v) is 7.85. The molecule has 0 radical (unpaired) electrons. The maximum Gasteiger partial charge on any atom is 0.262 e. The topological polar surface area (TPSA) is 70.5 Å². The van der Waals surface area contributed by atoms with Crippen molar-refractivity contribution in [1.82, 2.24) is 24.7 Å². The van der Waals surface area contributed by atoms with E-state index < -0.39 is 0 Å². The van der Waals surface area contributed by atoms with E-state index in [1.54, 1.807) is 4.57 Å². The van der Waals surface area contributed by atoms with Gasteiger partial charge < -0.3 is 10.2 Å². The Kier molecular flexibility index (Phi) is 5.84. The van der Waals surface area contributed by atoms with Crippen LogP contribution in [0.5, 0.6) is 0 Å². The van der Waals surface area contributed by atoms with Crippen LogP contribution in [-0.4, -0.2) is 65.0 Å². The zero-order chi connectivity index (χ0) is 22.2. The molecule has 0 aliphatic carbocycles. The van der Waals surface area contributed by atoms with Gasteiger partial charge in [0.2, 0.25) is 0 Å². The fourth-order valence-electron chi connectivity index (χ4n) is 4.72. The number of amides is 1. The van der Waals surface area contributed by atoms with E-state index in [1.165, 1.54) is 11.3 Å². The molecule has 1 N–H and O–H groups in total. The largest absolute Gasteiger partial charge is 0.343 e. The van der Waals surface area contributed by atoms with Crippen molar-refractivity contribution >= 4 is 27.5 Å². The molecular formula is C24H29N5O2S. The lowest BCUT2D eigenvalue weighted by Crippen LogP contribution is -2.47. The van der Waals surface area contributed by atoms with E-state index in [1.807, 2.05) is 25.1 Å². The second kappa shape index (κ2) is 8.77. The lowest BCUT2D eigenvalue weighted by Gasteiger charge is -2.35. The molecule has 4 heterocycles. The minimum absolute atomic E-state index is 0.00709. The van der Waals surface area contributed by atoms with Gasteiger partial charge in [0.05, 0.1) is 16.3 Å². The summed E-state index contributed by atoms with van der Waals surface area (Å²) < 4.78 is 1.77. The van der Waals surface area contributed by atoms with Crippen molar-refractivity contribution in [3.8, 4) is 0 Å². The molecule has 1 saturated heterocycles. The molecule has 5 rings (SSSR count). The van der Waals surface area contributed by atoms with Crippen molar-refractivity contribution in [2.75, 3.05) is 39.8 Å². The van der Waals surface area contributed by atoms with E-state index in [2.05, 4.69) is 34.3 Å². The average Bonchev–Trinajstić information content (AvgIpc) is 3.40. The summed E-state index contributed by atoms with van der Waals surface area (Å²) in [6.07, 6.45) is 1.78. The van der Waals surface area contributed by atoms with Gasteiger partial charge in [-0.2, -0.15) is 0 Å². The normalized spacial score (nSPS) is 18.1. The number of piperazine rings is 1. The molecule has 168 valence electrons. The number of rotatable bonds is 5. The first kappa shape index (κ1) is 21.3. The molecule has 8 heteroatoms. The minimum atomic E-state index is -0.127. The maximum absolute atomic E-state index is 13.4. The molecule has 1 unspecified atom stereocenters. The highest BCUT2D eigenvalue weighted by molar-refractivity contribution is 7.20. The number of thiophene rings is 1. The van der Waals surface area contributed by atoms with Gasteiger partial charge in [0.25, 0.3) is 11.5 Å². The van der Waals surface area contributed by atoms with Crippen molar-refractivity contribution in [3.05, 3.63) is 62.5 Å². The van der Waals surface area contributed by atoms with Gasteiger partial charge in [0.15, 0.2) is 0 Å². The summed E-state index contributed by atoms with van der Waals surface area (Å²) in [5.74, 6) is 0.714. The predicted molar refractivity (Wildman–Crippen MR) is 128 cm³/mol. The van der Waals surface area contributed by atoms with E-state index >= 15 is 0 Å². The number of carbonyl (C=O) groups is 1. The number of hydrogen-bond donors (Lipinski definition) is 1. The average molecular weight is 452 g/mol. The first-order valence-electron chi connectivity index (χ1n) is 11.3. The zero-order valence-electron chi connectivity index (χ0n) is 18.6. The summed E-state index contributed by atoms with van der Waals surface area (Å²) in [4.78, 5) is 37.1. The highest BCUT2D eigenvalue weighted by Crippen LogP contribution is 2.29. The minimum Gasteiger partial charge on any atom is -0.343 e. The molecule has 2 aromatic heterocycles. The molecule has 3 aromatic rings. The van der Waals surface area contributed by atoms with Gasteiger partial charge in [0.1, 0.15) is 10.7 Å². The molecule has 0 saturated carbocycles. The van der Waals surface area contributed by atoms with Crippen LogP contribution in [-0.2, 0) is 13.0 Å². The van der Waals surface area contributed by atoms with E-state index in [0.29, 0.717) is 15.1 Å². The molecule has 32 heavy (non-hydrogen) atoms. The number of nitrogens with one attached hydrogen (secondary N) is 1. The van der Waals surface area contributed by atoms with Gasteiger partial charge >= 0.3 is 0 Å². The van der Waals surface area contributed by atoms with Gasteiger partial charge in [0, 0.05) is 45.7 Å². The second-order valence-electron chi connectivity index (χ2n) is 8.87. The van der Waals surface area contributed by atoms with Gasteiger partial charge in [-0.25, -0.2) is 4.98 Å². The van der Waals surface area contributed by atoms with Gasteiger partial charge in [-0.05, 0) is 31.5 Å². The first-order chi connectivity index (χ1) is 15.5. The molecule has 1 aromatic carbocycles. The molecule has 0 bridgehead atoms. The van der Waals surface area contributed by atoms with Crippen molar-refractivity contribution in [3.63, 3.8) is 0 Å². The third kappa shape index (κ3) is 3.98. The number of nitrogens with zero attached hydrogens (tertiary/aromatic N) is 4.